The summed E-state index contributed by atoms with van der Waals surface area (Å²) in [7, 11) is 0. The molecule has 2 atom stereocenters. The Labute approximate surface area is 85.0 Å². The van der Waals surface area contributed by atoms with Crippen LogP contribution in [0.4, 0.5) is 0 Å². The van der Waals surface area contributed by atoms with Gasteiger partial charge in [-0.2, -0.15) is 0 Å². The summed E-state index contributed by atoms with van der Waals surface area (Å²) in [5.74, 6) is 0.487. The van der Waals surface area contributed by atoms with Crippen LogP contribution in [-0.4, -0.2) is 24.3 Å². The molecular weight excluding hydrogens is 174 g/mol. The van der Waals surface area contributed by atoms with Crippen molar-refractivity contribution in [1.82, 2.24) is 5.32 Å². The molecule has 1 aromatic rings. The van der Waals surface area contributed by atoms with Gasteiger partial charge in [0.25, 0.3) is 0 Å². The molecule has 0 bridgehead atoms. The first kappa shape index (κ1) is 9.69. The van der Waals surface area contributed by atoms with Crippen LogP contribution in [0.25, 0.3) is 0 Å². The van der Waals surface area contributed by atoms with Gasteiger partial charge in [-0.25, -0.2) is 0 Å². The summed E-state index contributed by atoms with van der Waals surface area (Å²) in [4.78, 5) is 0. The van der Waals surface area contributed by atoms with Crippen LogP contribution in [0.15, 0.2) is 24.3 Å². The van der Waals surface area contributed by atoms with Crippen molar-refractivity contribution in [1.29, 1.82) is 0 Å². The Morgan fingerprint density at radius 3 is 2.71 bits per heavy atom. The van der Waals surface area contributed by atoms with Crippen molar-refractivity contribution in [3.63, 3.8) is 0 Å². The minimum atomic E-state index is 0.235. The van der Waals surface area contributed by atoms with Crippen LogP contribution in [0.5, 0.6) is 0 Å². The highest BCUT2D eigenvalue weighted by Crippen LogP contribution is 2.27. The molecule has 2 heteroatoms. The maximum absolute atomic E-state index is 9.19. The minimum Gasteiger partial charge on any atom is -0.395 e. The summed E-state index contributed by atoms with van der Waals surface area (Å²) < 4.78 is 0. The van der Waals surface area contributed by atoms with Crippen LogP contribution in [0.3, 0.4) is 0 Å². The lowest BCUT2D eigenvalue weighted by molar-refractivity contribution is 0.245. The Balaban J connectivity index is 2.17. The molecule has 1 saturated heterocycles. The zero-order valence-electron chi connectivity index (χ0n) is 8.53. The molecule has 0 saturated carbocycles. The molecule has 14 heavy (non-hydrogen) atoms. The molecule has 0 aromatic heterocycles. The molecule has 1 fully saturated rings. The number of benzene rings is 1. The summed E-state index contributed by atoms with van der Waals surface area (Å²) in [6.07, 6.45) is 1.13. The van der Waals surface area contributed by atoms with Gasteiger partial charge in [0.15, 0.2) is 0 Å². The molecule has 0 amide bonds. The third-order valence-corrected chi connectivity index (χ3v) is 3.05. The third kappa shape index (κ3) is 1.81. The van der Waals surface area contributed by atoms with Crippen molar-refractivity contribution in [3.8, 4) is 0 Å². The van der Waals surface area contributed by atoms with E-state index in [1.165, 1.54) is 11.1 Å². The minimum absolute atomic E-state index is 0.235. The number of nitrogens with one attached hydrogen (secondary N) is 1. The van der Waals surface area contributed by atoms with Gasteiger partial charge in [-0.3, -0.25) is 0 Å². The van der Waals surface area contributed by atoms with Gasteiger partial charge in [-0.1, -0.05) is 29.8 Å². The summed E-state index contributed by atoms with van der Waals surface area (Å²) in [5.41, 5.74) is 2.64. The first-order chi connectivity index (χ1) is 6.81. The van der Waals surface area contributed by atoms with E-state index in [0.717, 1.165) is 13.0 Å². The van der Waals surface area contributed by atoms with E-state index in [-0.39, 0.29) is 12.6 Å². The Morgan fingerprint density at radius 1 is 1.36 bits per heavy atom. The Kier molecular flexibility index (Phi) is 2.85. The summed E-state index contributed by atoms with van der Waals surface area (Å²) >= 11 is 0. The van der Waals surface area contributed by atoms with Gasteiger partial charge in [-0.05, 0) is 25.5 Å². The van der Waals surface area contributed by atoms with Crippen LogP contribution in [0.1, 0.15) is 23.5 Å². The van der Waals surface area contributed by atoms with E-state index in [1.54, 1.807) is 0 Å². The SMILES string of the molecule is Cc1ccc([C@H]2CCN[C@@H]2CO)cc1. The van der Waals surface area contributed by atoms with Gasteiger partial charge in [0, 0.05) is 12.0 Å². The Hall–Kier alpha value is -0.860. The quantitative estimate of drug-likeness (QED) is 0.741. The fourth-order valence-corrected chi connectivity index (χ4v) is 2.17. The molecule has 0 radical (unpaired) electrons. The van der Waals surface area contributed by atoms with Gasteiger partial charge in [0.05, 0.1) is 6.61 Å². The highest BCUT2D eigenvalue weighted by molar-refractivity contribution is 5.26. The lowest BCUT2D eigenvalue weighted by Gasteiger charge is -2.17. The predicted octanol–water partition coefficient (Wildman–Crippen LogP) is 1.43. The number of aliphatic hydroxyl groups is 1. The zero-order valence-corrected chi connectivity index (χ0v) is 8.53. The van der Waals surface area contributed by atoms with Crippen LogP contribution >= 0.6 is 0 Å². The average molecular weight is 191 g/mol. The predicted molar refractivity (Wildman–Crippen MR) is 57.4 cm³/mol. The molecule has 1 aromatic carbocycles. The van der Waals surface area contributed by atoms with E-state index in [4.69, 9.17) is 0 Å². The second-order valence-electron chi connectivity index (χ2n) is 4.05. The highest BCUT2D eigenvalue weighted by Gasteiger charge is 2.26. The van der Waals surface area contributed by atoms with Crippen LogP contribution in [0.2, 0.25) is 0 Å². The first-order valence-corrected chi connectivity index (χ1v) is 5.22. The molecule has 1 aliphatic rings. The maximum atomic E-state index is 9.19. The maximum Gasteiger partial charge on any atom is 0.0590 e. The lowest BCUT2D eigenvalue weighted by Crippen LogP contribution is -2.29. The van der Waals surface area contributed by atoms with Crippen LogP contribution < -0.4 is 5.32 Å². The molecule has 1 aliphatic heterocycles. The largest absolute Gasteiger partial charge is 0.395 e. The topological polar surface area (TPSA) is 32.3 Å². The average Bonchev–Trinajstić information content (AvgIpc) is 2.67. The van der Waals surface area contributed by atoms with Crippen LogP contribution in [0, 0.1) is 6.92 Å². The standard InChI is InChI=1S/C12H17NO/c1-9-2-4-10(5-3-9)11-6-7-13-12(11)8-14/h2-5,11-14H,6-8H2,1H3/t11-,12-/m1/s1. The number of aliphatic hydroxyl groups excluding tert-OH is 1. The van der Waals surface area contributed by atoms with E-state index in [1.807, 2.05) is 0 Å². The fraction of sp³-hybridized carbons (Fsp3) is 0.500. The molecular formula is C12H17NO. The van der Waals surface area contributed by atoms with E-state index in [2.05, 4.69) is 36.5 Å². The van der Waals surface area contributed by atoms with E-state index < -0.39 is 0 Å². The molecule has 2 N–H and O–H groups in total. The summed E-state index contributed by atoms with van der Waals surface area (Å²) in [5, 5.41) is 12.5. The number of aryl methyl sites for hydroxylation is 1. The van der Waals surface area contributed by atoms with Crippen molar-refractivity contribution in [2.45, 2.75) is 25.3 Å². The Bertz CT molecular complexity index is 294. The number of hydrogen-bond donors (Lipinski definition) is 2. The van der Waals surface area contributed by atoms with Gasteiger partial charge in [0.1, 0.15) is 0 Å². The van der Waals surface area contributed by atoms with E-state index >= 15 is 0 Å². The molecule has 0 spiro atoms. The first-order valence-electron chi connectivity index (χ1n) is 5.22. The van der Waals surface area contributed by atoms with Crippen molar-refractivity contribution >= 4 is 0 Å². The Morgan fingerprint density at radius 2 is 2.07 bits per heavy atom. The van der Waals surface area contributed by atoms with Gasteiger partial charge in [0.2, 0.25) is 0 Å². The van der Waals surface area contributed by atoms with E-state index in [9.17, 15) is 5.11 Å². The summed E-state index contributed by atoms with van der Waals surface area (Å²) in [6.45, 7) is 3.35. The molecule has 2 rings (SSSR count). The van der Waals surface area contributed by atoms with Gasteiger partial charge in [-0.15, -0.1) is 0 Å². The molecule has 0 unspecified atom stereocenters. The monoisotopic (exact) mass is 191 g/mol. The molecule has 2 nitrogen and oxygen atoms in total. The van der Waals surface area contributed by atoms with Crippen LogP contribution in [-0.2, 0) is 0 Å². The zero-order chi connectivity index (χ0) is 9.97. The van der Waals surface area contributed by atoms with Crippen molar-refractivity contribution in [3.05, 3.63) is 35.4 Å². The molecule has 76 valence electrons. The van der Waals surface area contributed by atoms with Gasteiger partial charge >= 0.3 is 0 Å². The molecule has 1 heterocycles. The third-order valence-electron chi connectivity index (χ3n) is 3.05. The lowest BCUT2D eigenvalue weighted by atomic mass is 9.92. The highest BCUT2D eigenvalue weighted by atomic mass is 16.3. The smallest absolute Gasteiger partial charge is 0.0590 e. The van der Waals surface area contributed by atoms with Gasteiger partial charge < -0.3 is 10.4 Å². The van der Waals surface area contributed by atoms with Crippen molar-refractivity contribution in [2.24, 2.45) is 0 Å². The fourth-order valence-electron chi connectivity index (χ4n) is 2.17. The second kappa shape index (κ2) is 4.11. The second-order valence-corrected chi connectivity index (χ2v) is 4.05. The van der Waals surface area contributed by atoms with Crippen molar-refractivity contribution < 1.29 is 5.11 Å². The van der Waals surface area contributed by atoms with Crippen molar-refractivity contribution in [2.75, 3.05) is 13.2 Å². The van der Waals surface area contributed by atoms with E-state index in [0.29, 0.717) is 5.92 Å². The molecule has 0 aliphatic carbocycles. The number of hydrogen-bond acceptors (Lipinski definition) is 2. The number of rotatable bonds is 2. The normalized spacial score (nSPS) is 26.7. The summed E-state index contributed by atoms with van der Waals surface area (Å²) in [6, 6.07) is 8.88.